The largest absolute Gasteiger partial charge is 0.486 e. The third-order valence-electron chi connectivity index (χ3n) is 5.48. The molecule has 1 atom stereocenters. The summed E-state index contributed by atoms with van der Waals surface area (Å²) in [5.74, 6) is 1.00. The van der Waals surface area contributed by atoms with Crippen LogP contribution in [-0.2, 0) is 14.8 Å². The minimum absolute atomic E-state index is 0.108. The van der Waals surface area contributed by atoms with Gasteiger partial charge in [0.25, 0.3) is 5.91 Å². The fourth-order valence-corrected chi connectivity index (χ4v) is 5.06. The Morgan fingerprint density at radius 2 is 1.71 bits per heavy atom. The van der Waals surface area contributed by atoms with E-state index in [9.17, 15) is 13.2 Å². The van der Waals surface area contributed by atoms with E-state index in [0.717, 1.165) is 5.56 Å². The number of hydrogen-bond donors (Lipinski definition) is 1. The molecular formula is C22H26N2O6S. The van der Waals surface area contributed by atoms with Crippen LogP contribution < -0.4 is 14.8 Å². The van der Waals surface area contributed by atoms with Crippen molar-refractivity contribution in [2.45, 2.75) is 24.8 Å². The van der Waals surface area contributed by atoms with Gasteiger partial charge in [0, 0.05) is 18.7 Å². The monoisotopic (exact) mass is 446 g/mol. The number of benzene rings is 2. The molecule has 1 fully saturated rings. The van der Waals surface area contributed by atoms with Crippen molar-refractivity contribution in [2.75, 3.05) is 39.5 Å². The molecule has 0 spiro atoms. The Morgan fingerprint density at radius 1 is 1.00 bits per heavy atom. The van der Waals surface area contributed by atoms with Crippen LogP contribution in [0.15, 0.2) is 41.3 Å². The lowest BCUT2D eigenvalue weighted by Crippen LogP contribution is -2.40. The highest BCUT2D eigenvalue weighted by Gasteiger charge is 2.27. The topological polar surface area (TPSA) is 94.2 Å². The number of sulfonamides is 1. The molecule has 1 N–H and O–H groups in total. The van der Waals surface area contributed by atoms with Crippen LogP contribution in [0.2, 0.25) is 0 Å². The molecule has 0 bridgehead atoms. The first kappa shape index (κ1) is 21.6. The molecule has 31 heavy (non-hydrogen) atoms. The highest BCUT2D eigenvalue weighted by atomic mass is 32.2. The molecule has 2 aliphatic rings. The molecule has 2 aromatic rings. The molecule has 0 saturated carbocycles. The fraction of sp³-hybridized carbons (Fsp3) is 0.409. The van der Waals surface area contributed by atoms with Crippen molar-refractivity contribution >= 4 is 15.9 Å². The number of carbonyl (C=O) groups is 1. The highest BCUT2D eigenvalue weighted by Crippen LogP contribution is 2.32. The van der Waals surface area contributed by atoms with Crippen LogP contribution >= 0.6 is 0 Å². The molecule has 8 nitrogen and oxygen atoms in total. The summed E-state index contributed by atoms with van der Waals surface area (Å²) in [6.07, 6.45) is 0. The first-order chi connectivity index (χ1) is 14.9. The Balaban J connectivity index is 1.53. The summed E-state index contributed by atoms with van der Waals surface area (Å²) < 4.78 is 43.7. The Bertz CT molecular complexity index is 1080. The summed E-state index contributed by atoms with van der Waals surface area (Å²) in [7, 11) is -3.68. The van der Waals surface area contributed by atoms with Crippen LogP contribution in [0.3, 0.4) is 0 Å². The summed E-state index contributed by atoms with van der Waals surface area (Å²) in [6.45, 7) is 6.00. The van der Waals surface area contributed by atoms with Crippen molar-refractivity contribution in [3.63, 3.8) is 0 Å². The zero-order chi connectivity index (χ0) is 22.0. The lowest BCUT2D eigenvalue weighted by Gasteiger charge is -2.26. The number of aryl methyl sites for hydroxylation is 1. The van der Waals surface area contributed by atoms with E-state index in [1.807, 2.05) is 25.1 Å². The SMILES string of the molecule is Cc1ccc(S(=O)(=O)N2CCOCC2)cc1C(=O)N[C@@H](C)c1ccc2c(c1)OCCO2. The maximum atomic E-state index is 13.0. The normalized spacial score (nSPS) is 17.7. The van der Waals surface area contributed by atoms with Gasteiger partial charge in [-0.25, -0.2) is 8.42 Å². The van der Waals surface area contributed by atoms with E-state index >= 15 is 0 Å². The number of ether oxygens (including phenoxy) is 3. The van der Waals surface area contributed by atoms with Crippen LogP contribution in [0.5, 0.6) is 11.5 Å². The van der Waals surface area contributed by atoms with Gasteiger partial charge in [0.1, 0.15) is 13.2 Å². The van der Waals surface area contributed by atoms with Gasteiger partial charge in [0.2, 0.25) is 10.0 Å². The Morgan fingerprint density at radius 3 is 2.45 bits per heavy atom. The molecule has 4 rings (SSSR count). The van der Waals surface area contributed by atoms with E-state index in [2.05, 4.69) is 5.32 Å². The average Bonchev–Trinajstić information content (AvgIpc) is 2.79. The third kappa shape index (κ3) is 4.53. The second kappa shape index (κ2) is 8.86. The zero-order valence-corrected chi connectivity index (χ0v) is 18.4. The van der Waals surface area contributed by atoms with Gasteiger partial charge in [-0.3, -0.25) is 4.79 Å². The number of fused-ring (bicyclic) bond motifs is 1. The van der Waals surface area contributed by atoms with Crippen LogP contribution in [0, 0.1) is 6.92 Å². The zero-order valence-electron chi connectivity index (χ0n) is 17.6. The number of morpholine rings is 1. The first-order valence-corrected chi connectivity index (χ1v) is 11.7. The second-order valence-corrected chi connectivity index (χ2v) is 9.53. The van der Waals surface area contributed by atoms with Crippen molar-refractivity contribution in [3.8, 4) is 11.5 Å². The fourth-order valence-electron chi connectivity index (χ4n) is 3.63. The van der Waals surface area contributed by atoms with E-state index in [4.69, 9.17) is 14.2 Å². The van der Waals surface area contributed by atoms with Crippen molar-refractivity contribution in [3.05, 3.63) is 53.1 Å². The number of nitrogens with zero attached hydrogens (tertiary/aromatic N) is 1. The van der Waals surface area contributed by atoms with Crippen molar-refractivity contribution in [2.24, 2.45) is 0 Å². The summed E-state index contributed by atoms with van der Waals surface area (Å²) in [5, 5.41) is 2.95. The number of amides is 1. The van der Waals surface area contributed by atoms with Crippen LogP contribution in [0.1, 0.15) is 34.5 Å². The van der Waals surface area contributed by atoms with E-state index in [-0.39, 0.29) is 16.8 Å². The van der Waals surface area contributed by atoms with Crippen molar-refractivity contribution in [1.82, 2.24) is 9.62 Å². The van der Waals surface area contributed by atoms with Crippen LogP contribution in [-0.4, -0.2) is 58.1 Å². The molecule has 0 radical (unpaired) electrons. The van der Waals surface area contributed by atoms with Crippen LogP contribution in [0.4, 0.5) is 0 Å². The Hall–Kier alpha value is -2.62. The third-order valence-corrected chi connectivity index (χ3v) is 7.37. The standard InChI is InChI=1S/C22H26N2O6S/c1-15-3-5-18(31(26,27)24-7-9-28-10-8-24)14-19(15)22(25)23-16(2)17-4-6-20-21(13-17)30-12-11-29-20/h3-6,13-14,16H,7-12H2,1-2H3,(H,23,25)/t16-/m0/s1. The molecule has 1 saturated heterocycles. The number of rotatable bonds is 5. The molecule has 2 aliphatic heterocycles. The maximum absolute atomic E-state index is 13.0. The molecule has 0 unspecified atom stereocenters. The Labute approximate surface area is 182 Å². The molecule has 166 valence electrons. The molecule has 2 aromatic carbocycles. The quantitative estimate of drug-likeness (QED) is 0.757. The summed E-state index contributed by atoms with van der Waals surface area (Å²) in [5.41, 5.74) is 1.90. The first-order valence-electron chi connectivity index (χ1n) is 10.3. The highest BCUT2D eigenvalue weighted by molar-refractivity contribution is 7.89. The van der Waals surface area contributed by atoms with Gasteiger partial charge in [0.05, 0.1) is 24.2 Å². The molecular weight excluding hydrogens is 420 g/mol. The second-order valence-electron chi connectivity index (χ2n) is 7.59. The number of hydrogen-bond acceptors (Lipinski definition) is 6. The number of nitrogens with one attached hydrogen (secondary N) is 1. The summed E-state index contributed by atoms with van der Waals surface area (Å²) >= 11 is 0. The van der Waals surface area contributed by atoms with E-state index < -0.39 is 10.0 Å². The van der Waals surface area contributed by atoms with Crippen LogP contribution in [0.25, 0.3) is 0 Å². The van der Waals surface area contributed by atoms with Crippen molar-refractivity contribution < 1.29 is 27.4 Å². The minimum Gasteiger partial charge on any atom is -0.486 e. The van der Waals surface area contributed by atoms with Gasteiger partial charge in [-0.2, -0.15) is 4.31 Å². The smallest absolute Gasteiger partial charge is 0.252 e. The van der Waals surface area contributed by atoms with Gasteiger partial charge in [-0.05, 0) is 49.2 Å². The summed E-state index contributed by atoms with van der Waals surface area (Å²) in [6, 6.07) is 9.91. The van der Waals surface area contributed by atoms with Crippen molar-refractivity contribution in [1.29, 1.82) is 0 Å². The lowest BCUT2D eigenvalue weighted by molar-refractivity contribution is 0.0730. The van der Waals surface area contributed by atoms with Gasteiger partial charge >= 0.3 is 0 Å². The van der Waals surface area contributed by atoms with E-state index in [0.29, 0.717) is 62.1 Å². The molecule has 2 heterocycles. The van der Waals surface area contributed by atoms with Gasteiger partial charge < -0.3 is 19.5 Å². The molecule has 9 heteroatoms. The Kier molecular flexibility index (Phi) is 6.17. The summed E-state index contributed by atoms with van der Waals surface area (Å²) in [4.78, 5) is 13.1. The van der Waals surface area contributed by atoms with Gasteiger partial charge in [-0.15, -0.1) is 0 Å². The predicted molar refractivity (Wildman–Crippen MR) is 114 cm³/mol. The average molecular weight is 447 g/mol. The maximum Gasteiger partial charge on any atom is 0.252 e. The molecule has 1 amide bonds. The van der Waals surface area contributed by atoms with Gasteiger partial charge in [0.15, 0.2) is 11.5 Å². The van der Waals surface area contributed by atoms with Gasteiger partial charge in [-0.1, -0.05) is 12.1 Å². The molecule has 0 aromatic heterocycles. The molecule has 0 aliphatic carbocycles. The number of carbonyl (C=O) groups excluding carboxylic acids is 1. The van der Waals surface area contributed by atoms with E-state index in [1.165, 1.54) is 10.4 Å². The van der Waals surface area contributed by atoms with E-state index in [1.54, 1.807) is 19.1 Å². The lowest BCUT2D eigenvalue weighted by atomic mass is 10.0. The predicted octanol–water partition coefficient (Wildman–Crippen LogP) is 2.28. The minimum atomic E-state index is -3.68.